The van der Waals surface area contributed by atoms with Crippen molar-refractivity contribution < 1.29 is 4.74 Å². The molecule has 1 aliphatic rings. The van der Waals surface area contributed by atoms with Crippen LogP contribution >= 0.6 is 0 Å². The SMILES string of the molecule is CCC[C@H]1CNC[C@H](C)O1. The summed E-state index contributed by atoms with van der Waals surface area (Å²) < 4.78 is 5.66. The van der Waals surface area contributed by atoms with Crippen molar-refractivity contribution in [2.75, 3.05) is 13.1 Å². The van der Waals surface area contributed by atoms with E-state index in [0.29, 0.717) is 12.2 Å². The molecule has 0 aliphatic carbocycles. The summed E-state index contributed by atoms with van der Waals surface area (Å²) in [7, 11) is 0. The third-order valence-electron chi connectivity index (χ3n) is 1.84. The van der Waals surface area contributed by atoms with Gasteiger partial charge in [0, 0.05) is 13.1 Å². The Morgan fingerprint density at radius 2 is 2.30 bits per heavy atom. The Bertz CT molecular complexity index is 93.3. The van der Waals surface area contributed by atoms with Crippen LogP contribution in [-0.4, -0.2) is 25.3 Å². The Hall–Kier alpha value is -0.0800. The average molecular weight is 143 g/mol. The van der Waals surface area contributed by atoms with Gasteiger partial charge in [-0.15, -0.1) is 0 Å². The Morgan fingerprint density at radius 1 is 1.50 bits per heavy atom. The van der Waals surface area contributed by atoms with Crippen molar-refractivity contribution in [2.45, 2.75) is 38.9 Å². The maximum absolute atomic E-state index is 5.66. The van der Waals surface area contributed by atoms with Gasteiger partial charge >= 0.3 is 0 Å². The van der Waals surface area contributed by atoms with Crippen molar-refractivity contribution in [1.82, 2.24) is 5.32 Å². The van der Waals surface area contributed by atoms with E-state index < -0.39 is 0 Å². The van der Waals surface area contributed by atoms with Crippen molar-refractivity contribution in [3.8, 4) is 0 Å². The summed E-state index contributed by atoms with van der Waals surface area (Å²) in [5.74, 6) is 0. The first-order valence-corrected chi connectivity index (χ1v) is 4.19. The van der Waals surface area contributed by atoms with Gasteiger partial charge in [0.2, 0.25) is 0 Å². The highest BCUT2D eigenvalue weighted by molar-refractivity contribution is 4.70. The number of morpholine rings is 1. The lowest BCUT2D eigenvalue weighted by molar-refractivity contribution is -0.0309. The Balaban J connectivity index is 2.18. The maximum atomic E-state index is 5.66. The van der Waals surface area contributed by atoms with E-state index in [-0.39, 0.29) is 0 Å². The second-order valence-electron chi connectivity index (χ2n) is 3.02. The molecule has 0 saturated carbocycles. The predicted octanol–water partition coefficient (Wildman–Crippen LogP) is 1.16. The molecule has 2 atom stereocenters. The van der Waals surface area contributed by atoms with E-state index in [0.717, 1.165) is 13.1 Å². The molecule has 1 aliphatic heterocycles. The highest BCUT2D eigenvalue weighted by Gasteiger charge is 2.16. The van der Waals surface area contributed by atoms with Crippen LogP contribution in [0, 0.1) is 0 Å². The van der Waals surface area contributed by atoms with Gasteiger partial charge in [-0.1, -0.05) is 13.3 Å². The molecule has 1 fully saturated rings. The quantitative estimate of drug-likeness (QED) is 0.626. The van der Waals surface area contributed by atoms with E-state index in [1.54, 1.807) is 0 Å². The van der Waals surface area contributed by atoms with Crippen LogP contribution in [-0.2, 0) is 4.74 Å². The van der Waals surface area contributed by atoms with E-state index in [1.165, 1.54) is 12.8 Å². The summed E-state index contributed by atoms with van der Waals surface area (Å²) in [6.45, 7) is 6.37. The molecular formula is C8H17NO. The van der Waals surface area contributed by atoms with E-state index >= 15 is 0 Å². The van der Waals surface area contributed by atoms with Crippen molar-refractivity contribution in [3.63, 3.8) is 0 Å². The van der Waals surface area contributed by atoms with Gasteiger partial charge in [-0.3, -0.25) is 0 Å². The molecule has 1 rings (SSSR count). The fourth-order valence-electron chi connectivity index (χ4n) is 1.36. The molecule has 0 unspecified atom stereocenters. The second kappa shape index (κ2) is 3.94. The van der Waals surface area contributed by atoms with Crippen LogP contribution < -0.4 is 5.32 Å². The van der Waals surface area contributed by atoms with E-state index in [1.807, 2.05) is 0 Å². The third kappa shape index (κ3) is 2.27. The Labute approximate surface area is 63.0 Å². The first-order valence-electron chi connectivity index (χ1n) is 4.19. The van der Waals surface area contributed by atoms with Gasteiger partial charge < -0.3 is 10.1 Å². The number of hydrogen-bond donors (Lipinski definition) is 1. The van der Waals surface area contributed by atoms with Gasteiger partial charge in [0.1, 0.15) is 0 Å². The van der Waals surface area contributed by atoms with Crippen LogP contribution in [0.1, 0.15) is 26.7 Å². The first-order chi connectivity index (χ1) is 4.83. The zero-order valence-corrected chi connectivity index (χ0v) is 6.89. The minimum atomic E-state index is 0.408. The maximum Gasteiger partial charge on any atom is 0.0703 e. The van der Waals surface area contributed by atoms with Crippen molar-refractivity contribution in [3.05, 3.63) is 0 Å². The molecule has 2 heteroatoms. The smallest absolute Gasteiger partial charge is 0.0703 e. The third-order valence-corrected chi connectivity index (χ3v) is 1.84. The molecule has 0 amide bonds. The van der Waals surface area contributed by atoms with E-state index in [2.05, 4.69) is 19.2 Å². The minimum Gasteiger partial charge on any atom is -0.373 e. The summed E-state index contributed by atoms with van der Waals surface area (Å²) in [4.78, 5) is 0. The summed E-state index contributed by atoms with van der Waals surface area (Å²) in [6, 6.07) is 0. The number of ether oxygens (including phenoxy) is 1. The van der Waals surface area contributed by atoms with Crippen LogP contribution in [0.25, 0.3) is 0 Å². The highest BCUT2D eigenvalue weighted by Crippen LogP contribution is 2.07. The second-order valence-corrected chi connectivity index (χ2v) is 3.02. The van der Waals surface area contributed by atoms with Crippen molar-refractivity contribution in [1.29, 1.82) is 0 Å². The standard InChI is InChI=1S/C8H17NO/c1-3-4-8-6-9-5-7(2)10-8/h7-9H,3-6H2,1-2H3/t7-,8-/m0/s1. The molecule has 1 heterocycles. The van der Waals surface area contributed by atoms with Crippen molar-refractivity contribution in [2.24, 2.45) is 0 Å². The summed E-state index contributed by atoms with van der Waals surface area (Å²) in [6.07, 6.45) is 3.29. The average Bonchev–Trinajstić information content (AvgIpc) is 1.88. The normalized spacial score (nSPS) is 34.2. The number of hydrogen-bond acceptors (Lipinski definition) is 2. The fourth-order valence-corrected chi connectivity index (χ4v) is 1.36. The fraction of sp³-hybridized carbons (Fsp3) is 1.00. The molecule has 60 valence electrons. The monoisotopic (exact) mass is 143 g/mol. The summed E-state index contributed by atoms with van der Waals surface area (Å²) in [5, 5.41) is 3.34. The molecule has 0 radical (unpaired) electrons. The van der Waals surface area contributed by atoms with Gasteiger partial charge in [-0.2, -0.15) is 0 Å². The molecule has 1 saturated heterocycles. The molecular weight excluding hydrogens is 126 g/mol. The lowest BCUT2D eigenvalue weighted by Crippen LogP contribution is -2.43. The molecule has 0 bridgehead atoms. The number of nitrogens with one attached hydrogen (secondary N) is 1. The Kier molecular flexibility index (Phi) is 3.16. The minimum absolute atomic E-state index is 0.408. The summed E-state index contributed by atoms with van der Waals surface area (Å²) >= 11 is 0. The largest absolute Gasteiger partial charge is 0.373 e. The van der Waals surface area contributed by atoms with Crippen LogP contribution in [0.3, 0.4) is 0 Å². The lowest BCUT2D eigenvalue weighted by Gasteiger charge is -2.28. The van der Waals surface area contributed by atoms with Gasteiger partial charge in [0.25, 0.3) is 0 Å². The lowest BCUT2D eigenvalue weighted by atomic mass is 10.2. The molecule has 0 spiro atoms. The molecule has 1 N–H and O–H groups in total. The van der Waals surface area contributed by atoms with Gasteiger partial charge in [0.05, 0.1) is 12.2 Å². The molecule has 0 aromatic heterocycles. The van der Waals surface area contributed by atoms with Gasteiger partial charge in [-0.25, -0.2) is 0 Å². The predicted molar refractivity (Wildman–Crippen MR) is 42.1 cm³/mol. The summed E-state index contributed by atoms with van der Waals surface area (Å²) in [5.41, 5.74) is 0. The number of rotatable bonds is 2. The van der Waals surface area contributed by atoms with E-state index in [4.69, 9.17) is 4.74 Å². The molecule has 0 aromatic carbocycles. The molecule has 0 aromatic rings. The zero-order chi connectivity index (χ0) is 7.40. The first kappa shape index (κ1) is 8.02. The van der Waals surface area contributed by atoms with Gasteiger partial charge in [0.15, 0.2) is 0 Å². The van der Waals surface area contributed by atoms with E-state index in [9.17, 15) is 0 Å². The molecule has 2 nitrogen and oxygen atoms in total. The van der Waals surface area contributed by atoms with Crippen LogP contribution in [0.15, 0.2) is 0 Å². The Morgan fingerprint density at radius 3 is 2.90 bits per heavy atom. The topological polar surface area (TPSA) is 21.3 Å². The van der Waals surface area contributed by atoms with Crippen LogP contribution in [0.4, 0.5) is 0 Å². The highest BCUT2D eigenvalue weighted by atomic mass is 16.5. The van der Waals surface area contributed by atoms with Crippen LogP contribution in [0.2, 0.25) is 0 Å². The molecule has 10 heavy (non-hydrogen) atoms. The van der Waals surface area contributed by atoms with Crippen molar-refractivity contribution >= 4 is 0 Å². The van der Waals surface area contributed by atoms with Gasteiger partial charge in [-0.05, 0) is 13.3 Å². The van der Waals surface area contributed by atoms with Crippen LogP contribution in [0.5, 0.6) is 0 Å². The zero-order valence-electron chi connectivity index (χ0n) is 6.89.